The Morgan fingerprint density at radius 1 is 1.05 bits per heavy atom. The molecule has 0 heterocycles. The molecule has 2 aromatic rings. The lowest BCUT2D eigenvalue weighted by molar-refractivity contribution is 0.441. The van der Waals surface area contributed by atoms with Crippen LogP contribution in [-0.4, -0.2) is 19.3 Å². The van der Waals surface area contributed by atoms with Crippen molar-refractivity contribution in [2.24, 2.45) is 0 Å². The highest BCUT2D eigenvalue weighted by Gasteiger charge is 2.25. The summed E-state index contributed by atoms with van der Waals surface area (Å²) >= 11 is 0. The van der Waals surface area contributed by atoms with Crippen molar-refractivity contribution >= 4 is 10.0 Å². The predicted octanol–water partition coefficient (Wildman–Crippen LogP) is 2.71. The second-order valence-electron chi connectivity index (χ2n) is 4.68. The van der Waals surface area contributed by atoms with Gasteiger partial charge in [-0.3, -0.25) is 0 Å². The Bertz CT molecular complexity index is 749. The third-order valence-electron chi connectivity index (χ3n) is 3.16. The van der Waals surface area contributed by atoms with Crippen molar-refractivity contribution < 1.29 is 8.42 Å². The van der Waals surface area contributed by atoms with Gasteiger partial charge < -0.3 is 0 Å². The average molecular weight is 300 g/mol. The molecular formula is C16H16N2O2S. The summed E-state index contributed by atoms with van der Waals surface area (Å²) in [6, 6.07) is 18.0. The molecule has 0 aliphatic carbocycles. The third kappa shape index (κ3) is 3.48. The van der Waals surface area contributed by atoms with Crippen molar-refractivity contribution in [1.29, 1.82) is 5.26 Å². The standard InChI is InChI=1S/C16H16N2O2S/c1-14-7-5-6-10-16(14)21(19,20)18(12-11-17)13-15-8-3-2-4-9-15/h2-10H,12-13H2,1H3. The Labute approximate surface area is 125 Å². The Hall–Kier alpha value is -2.16. The molecule has 0 radical (unpaired) electrons. The van der Waals surface area contributed by atoms with Gasteiger partial charge in [-0.2, -0.15) is 9.57 Å². The minimum absolute atomic E-state index is 0.175. The van der Waals surface area contributed by atoms with Crippen LogP contribution in [0.4, 0.5) is 0 Å². The lowest BCUT2D eigenvalue weighted by Gasteiger charge is -2.20. The van der Waals surface area contributed by atoms with E-state index in [4.69, 9.17) is 5.26 Å². The topological polar surface area (TPSA) is 61.2 Å². The lowest BCUT2D eigenvalue weighted by atomic mass is 10.2. The van der Waals surface area contributed by atoms with Gasteiger partial charge in [0.1, 0.15) is 6.54 Å². The fourth-order valence-electron chi connectivity index (χ4n) is 2.08. The fourth-order valence-corrected chi connectivity index (χ4v) is 3.63. The first-order valence-corrected chi connectivity index (χ1v) is 7.96. The summed E-state index contributed by atoms with van der Waals surface area (Å²) in [5.41, 5.74) is 1.53. The average Bonchev–Trinajstić information content (AvgIpc) is 2.48. The quantitative estimate of drug-likeness (QED) is 0.798. The van der Waals surface area contributed by atoms with Crippen LogP contribution in [0.1, 0.15) is 11.1 Å². The molecule has 0 saturated heterocycles. The molecule has 0 atom stereocenters. The molecule has 0 unspecified atom stereocenters. The molecule has 0 aliphatic heterocycles. The van der Waals surface area contributed by atoms with Gasteiger partial charge in [0.25, 0.3) is 0 Å². The Morgan fingerprint density at radius 3 is 2.29 bits per heavy atom. The number of hydrogen-bond acceptors (Lipinski definition) is 3. The molecular weight excluding hydrogens is 284 g/mol. The van der Waals surface area contributed by atoms with Crippen LogP contribution < -0.4 is 0 Å². The van der Waals surface area contributed by atoms with Crippen LogP contribution in [0.2, 0.25) is 0 Å². The minimum atomic E-state index is -3.68. The molecule has 0 N–H and O–H groups in total. The van der Waals surface area contributed by atoms with Crippen LogP contribution in [0.15, 0.2) is 59.5 Å². The summed E-state index contributed by atoms with van der Waals surface area (Å²) in [7, 11) is -3.68. The summed E-state index contributed by atoms with van der Waals surface area (Å²) in [5.74, 6) is 0. The number of hydrogen-bond donors (Lipinski definition) is 0. The van der Waals surface area contributed by atoms with Gasteiger partial charge in [0.2, 0.25) is 10.0 Å². The molecule has 21 heavy (non-hydrogen) atoms. The van der Waals surface area contributed by atoms with Gasteiger partial charge in [-0.25, -0.2) is 8.42 Å². The maximum Gasteiger partial charge on any atom is 0.244 e. The number of nitrogens with zero attached hydrogens (tertiary/aromatic N) is 2. The normalized spacial score (nSPS) is 11.3. The van der Waals surface area contributed by atoms with Gasteiger partial charge in [0.05, 0.1) is 11.0 Å². The van der Waals surface area contributed by atoms with Gasteiger partial charge in [0.15, 0.2) is 0 Å². The van der Waals surface area contributed by atoms with Crippen LogP contribution in [0, 0.1) is 18.3 Å². The second-order valence-corrected chi connectivity index (χ2v) is 6.59. The van der Waals surface area contributed by atoms with E-state index in [0.29, 0.717) is 5.56 Å². The maximum atomic E-state index is 12.7. The van der Waals surface area contributed by atoms with E-state index in [9.17, 15) is 8.42 Å². The first kappa shape index (κ1) is 15.2. The highest BCUT2D eigenvalue weighted by atomic mass is 32.2. The van der Waals surface area contributed by atoms with Crippen molar-refractivity contribution in [2.75, 3.05) is 6.54 Å². The molecule has 0 aromatic heterocycles. The molecule has 0 bridgehead atoms. The summed E-state index contributed by atoms with van der Waals surface area (Å²) in [6.07, 6.45) is 0. The zero-order chi connectivity index (χ0) is 15.3. The van der Waals surface area contributed by atoms with E-state index in [1.165, 1.54) is 4.31 Å². The van der Waals surface area contributed by atoms with Crippen LogP contribution in [0.3, 0.4) is 0 Å². The number of rotatable bonds is 5. The zero-order valence-electron chi connectivity index (χ0n) is 11.7. The fraction of sp³-hybridized carbons (Fsp3) is 0.188. The molecule has 4 nitrogen and oxygen atoms in total. The number of benzene rings is 2. The van der Waals surface area contributed by atoms with E-state index in [0.717, 1.165) is 5.56 Å². The van der Waals surface area contributed by atoms with E-state index in [2.05, 4.69) is 0 Å². The first-order valence-electron chi connectivity index (χ1n) is 6.52. The summed E-state index contributed by atoms with van der Waals surface area (Å²) in [5, 5.41) is 8.94. The van der Waals surface area contributed by atoms with Gasteiger partial charge in [-0.1, -0.05) is 48.5 Å². The smallest absolute Gasteiger partial charge is 0.207 e. The maximum absolute atomic E-state index is 12.7. The Kier molecular flexibility index (Phi) is 4.73. The highest BCUT2D eigenvalue weighted by molar-refractivity contribution is 7.89. The minimum Gasteiger partial charge on any atom is -0.207 e. The first-order chi connectivity index (χ1) is 10.1. The molecule has 0 aliphatic rings. The molecule has 5 heteroatoms. The highest BCUT2D eigenvalue weighted by Crippen LogP contribution is 2.21. The predicted molar refractivity (Wildman–Crippen MR) is 80.8 cm³/mol. The summed E-state index contributed by atoms with van der Waals surface area (Å²) in [4.78, 5) is 0.246. The van der Waals surface area contributed by atoms with E-state index in [1.807, 2.05) is 36.4 Å². The van der Waals surface area contributed by atoms with E-state index < -0.39 is 10.0 Å². The van der Waals surface area contributed by atoms with Crippen LogP contribution in [-0.2, 0) is 16.6 Å². The largest absolute Gasteiger partial charge is 0.244 e. The van der Waals surface area contributed by atoms with Crippen LogP contribution >= 0.6 is 0 Å². The summed E-state index contributed by atoms with van der Waals surface area (Å²) < 4.78 is 26.6. The SMILES string of the molecule is Cc1ccccc1S(=O)(=O)N(CC#N)Cc1ccccc1. The molecule has 0 saturated carbocycles. The molecule has 0 spiro atoms. The van der Waals surface area contributed by atoms with Crippen LogP contribution in [0.25, 0.3) is 0 Å². The number of nitriles is 1. The van der Waals surface area contributed by atoms with Gasteiger partial charge >= 0.3 is 0 Å². The van der Waals surface area contributed by atoms with E-state index in [1.54, 1.807) is 31.2 Å². The van der Waals surface area contributed by atoms with Crippen molar-refractivity contribution in [2.45, 2.75) is 18.4 Å². The lowest BCUT2D eigenvalue weighted by Crippen LogP contribution is -2.31. The Balaban J connectivity index is 2.38. The molecule has 2 aromatic carbocycles. The second kappa shape index (κ2) is 6.53. The third-order valence-corrected chi connectivity index (χ3v) is 5.11. The zero-order valence-corrected chi connectivity index (χ0v) is 12.5. The molecule has 0 fully saturated rings. The molecule has 0 amide bonds. The number of aryl methyl sites for hydroxylation is 1. The van der Waals surface area contributed by atoms with Crippen molar-refractivity contribution in [3.05, 3.63) is 65.7 Å². The molecule has 108 valence electrons. The Morgan fingerprint density at radius 2 is 1.67 bits per heavy atom. The number of sulfonamides is 1. The van der Waals surface area contributed by atoms with Gasteiger partial charge in [-0.05, 0) is 24.1 Å². The molecule has 2 rings (SSSR count). The van der Waals surface area contributed by atoms with E-state index >= 15 is 0 Å². The van der Waals surface area contributed by atoms with Gasteiger partial charge in [-0.15, -0.1) is 0 Å². The monoisotopic (exact) mass is 300 g/mol. The van der Waals surface area contributed by atoms with Crippen molar-refractivity contribution in [3.63, 3.8) is 0 Å². The van der Waals surface area contributed by atoms with Crippen molar-refractivity contribution in [1.82, 2.24) is 4.31 Å². The van der Waals surface area contributed by atoms with Crippen molar-refractivity contribution in [3.8, 4) is 6.07 Å². The summed E-state index contributed by atoms with van der Waals surface area (Å²) in [6.45, 7) is 1.76. The van der Waals surface area contributed by atoms with E-state index in [-0.39, 0.29) is 18.0 Å². The van der Waals surface area contributed by atoms with Gasteiger partial charge in [0, 0.05) is 6.54 Å². The van der Waals surface area contributed by atoms with Crippen LogP contribution in [0.5, 0.6) is 0 Å².